The number of methoxy groups -OCH3 is 1. The molecule has 0 saturated heterocycles. The van der Waals surface area contributed by atoms with Gasteiger partial charge in [-0.1, -0.05) is 23.9 Å². The molecule has 0 radical (unpaired) electrons. The van der Waals surface area contributed by atoms with Gasteiger partial charge in [-0.2, -0.15) is 0 Å². The fourth-order valence-corrected chi connectivity index (χ4v) is 4.34. The minimum absolute atomic E-state index is 0.120. The quantitative estimate of drug-likeness (QED) is 0.516. The van der Waals surface area contributed by atoms with E-state index in [0.29, 0.717) is 34.8 Å². The predicted molar refractivity (Wildman–Crippen MR) is 124 cm³/mol. The van der Waals surface area contributed by atoms with Gasteiger partial charge in [-0.05, 0) is 32.0 Å². The first-order chi connectivity index (χ1) is 15.5. The number of fused-ring (bicyclic) bond motifs is 1. The molecule has 168 valence electrons. The predicted octanol–water partition coefficient (Wildman–Crippen LogP) is 3.94. The molecule has 3 aromatic rings. The number of hydrogen-bond donors (Lipinski definition) is 1. The summed E-state index contributed by atoms with van der Waals surface area (Å²) in [7, 11) is 3.49. The average molecular weight is 455 g/mol. The maximum atomic E-state index is 12.7. The lowest BCUT2D eigenvalue weighted by Gasteiger charge is -2.13. The third-order valence-corrected chi connectivity index (χ3v) is 6.11. The van der Waals surface area contributed by atoms with Crippen molar-refractivity contribution in [3.05, 3.63) is 42.0 Å². The third kappa shape index (κ3) is 4.52. The molecule has 8 nitrogen and oxygen atoms in total. The SMILES string of the molecule is CCOc1cc2c(cc1NC(=O)CSc1nnc(-c3ccccc3OC)n1C)OC(C)C2. The molecular weight excluding hydrogens is 428 g/mol. The van der Waals surface area contributed by atoms with E-state index in [1.54, 1.807) is 7.11 Å². The lowest BCUT2D eigenvalue weighted by molar-refractivity contribution is -0.113. The first-order valence-electron chi connectivity index (χ1n) is 10.4. The number of hydrogen-bond acceptors (Lipinski definition) is 7. The van der Waals surface area contributed by atoms with Gasteiger partial charge in [0.1, 0.15) is 23.4 Å². The zero-order valence-electron chi connectivity index (χ0n) is 18.5. The number of carbonyl (C=O) groups is 1. The first kappa shape index (κ1) is 22.0. The lowest BCUT2D eigenvalue weighted by atomic mass is 10.1. The lowest BCUT2D eigenvalue weighted by Crippen LogP contribution is -2.15. The molecule has 0 saturated carbocycles. The smallest absolute Gasteiger partial charge is 0.234 e. The topological polar surface area (TPSA) is 87.5 Å². The second-order valence-electron chi connectivity index (χ2n) is 7.42. The maximum Gasteiger partial charge on any atom is 0.234 e. The van der Waals surface area contributed by atoms with E-state index in [-0.39, 0.29) is 17.8 Å². The summed E-state index contributed by atoms with van der Waals surface area (Å²) in [4.78, 5) is 12.7. The van der Waals surface area contributed by atoms with E-state index < -0.39 is 0 Å². The normalized spacial score (nSPS) is 14.6. The second-order valence-corrected chi connectivity index (χ2v) is 8.37. The van der Waals surface area contributed by atoms with Gasteiger partial charge in [-0.3, -0.25) is 4.79 Å². The molecule has 1 amide bonds. The number of anilines is 1. The van der Waals surface area contributed by atoms with Gasteiger partial charge in [-0.25, -0.2) is 0 Å². The zero-order chi connectivity index (χ0) is 22.7. The van der Waals surface area contributed by atoms with Gasteiger partial charge in [-0.15, -0.1) is 10.2 Å². The number of benzene rings is 2. The summed E-state index contributed by atoms with van der Waals surface area (Å²) in [5.41, 5.74) is 2.55. The van der Waals surface area contributed by atoms with Crippen molar-refractivity contribution in [2.75, 3.05) is 24.8 Å². The van der Waals surface area contributed by atoms with Crippen molar-refractivity contribution >= 4 is 23.4 Å². The van der Waals surface area contributed by atoms with Crippen LogP contribution in [0.4, 0.5) is 5.69 Å². The van der Waals surface area contributed by atoms with E-state index in [1.165, 1.54) is 11.8 Å². The second kappa shape index (κ2) is 9.52. The summed E-state index contributed by atoms with van der Waals surface area (Å²) >= 11 is 1.31. The zero-order valence-corrected chi connectivity index (χ0v) is 19.4. The summed E-state index contributed by atoms with van der Waals surface area (Å²) in [6, 6.07) is 11.4. The van der Waals surface area contributed by atoms with Crippen LogP contribution in [0.5, 0.6) is 17.2 Å². The van der Waals surface area contributed by atoms with Crippen molar-refractivity contribution in [2.24, 2.45) is 7.05 Å². The molecular formula is C23H26N4O4S. The molecule has 32 heavy (non-hydrogen) atoms. The summed E-state index contributed by atoms with van der Waals surface area (Å²) in [5, 5.41) is 12.1. The molecule has 4 rings (SSSR count). The van der Waals surface area contributed by atoms with Crippen molar-refractivity contribution in [2.45, 2.75) is 31.5 Å². The van der Waals surface area contributed by atoms with Gasteiger partial charge in [0, 0.05) is 25.1 Å². The van der Waals surface area contributed by atoms with Crippen molar-refractivity contribution in [3.8, 4) is 28.6 Å². The number of ether oxygens (including phenoxy) is 3. The van der Waals surface area contributed by atoms with Crippen molar-refractivity contribution < 1.29 is 19.0 Å². The van der Waals surface area contributed by atoms with E-state index >= 15 is 0 Å². The Labute approximate surface area is 191 Å². The molecule has 2 heterocycles. The molecule has 0 bridgehead atoms. The van der Waals surface area contributed by atoms with Crippen LogP contribution in [0.25, 0.3) is 11.4 Å². The number of aromatic nitrogens is 3. The van der Waals surface area contributed by atoms with Crippen LogP contribution >= 0.6 is 11.8 Å². The molecule has 9 heteroatoms. The Morgan fingerprint density at radius 3 is 2.88 bits per heavy atom. The van der Waals surface area contributed by atoms with E-state index in [1.807, 2.05) is 61.9 Å². The largest absolute Gasteiger partial charge is 0.496 e. The Morgan fingerprint density at radius 1 is 1.28 bits per heavy atom. The van der Waals surface area contributed by atoms with Crippen molar-refractivity contribution in [3.63, 3.8) is 0 Å². The maximum absolute atomic E-state index is 12.7. The van der Waals surface area contributed by atoms with Crippen LogP contribution in [0.1, 0.15) is 19.4 Å². The minimum Gasteiger partial charge on any atom is -0.496 e. The van der Waals surface area contributed by atoms with Crippen molar-refractivity contribution in [1.82, 2.24) is 14.8 Å². The van der Waals surface area contributed by atoms with Crippen LogP contribution in [0, 0.1) is 0 Å². The number of rotatable bonds is 8. The van der Waals surface area contributed by atoms with Crippen molar-refractivity contribution in [1.29, 1.82) is 0 Å². The van der Waals surface area contributed by atoms with Crippen LogP contribution in [-0.4, -0.2) is 46.2 Å². The van der Waals surface area contributed by atoms with Gasteiger partial charge in [0.05, 0.1) is 30.7 Å². The van der Waals surface area contributed by atoms with Gasteiger partial charge < -0.3 is 24.1 Å². The van der Waals surface area contributed by atoms with Crippen LogP contribution in [0.2, 0.25) is 0 Å². The molecule has 1 N–H and O–H groups in total. The van der Waals surface area contributed by atoms with E-state index in [0.717, 1.165) is 23.3 Å². The number of para-hydroxylation sites is 1. The average Bonchev–Trinajstić information content (AvgIpc) is 3.33. The Kier molecular flexibility index (Phi) is 6.55. The van der Waals surface area contributed by atoms with Gasteiger partial charge in [0.25, 0.3) is 0 Å². The summed E-state index contributed by atoms with van der Waals surface area (Å²) < 4.78 is 18.8. The van der Waals surface area contributed by atoms with Crippen LogP contribution < -0.4 is 19.5 Å². The Bertz CT molecular complexity index is 1130. The van der Waals surface area contributed by atoms with E-state index in [4.69, 9.17) is 14.2 Å². The van der Waals surface area contributed by atoms with Crippen LogP contribution in [-0.2, 0) is 18.3 Å². The number of amides is 1. The highest BCUT2D eigenvalue weighted by molar-refractivity contribution is 7.99. The summed E-state index contributed by atoms with van der Waals surface area (Å²) in [6.07, 6.45) is 0.953. The molecule has 1 aliphatic heterocycles. The van der Waals surface area contributed by atoms with Gasteiger partial charge in [0.15, 0.2) is 11.0 Å². The number of carbonyl (C=O) groups excluding carboxylic acids is 1. The standard InChI is InChI=1S/C23H26N4O4S/c1-5-30-20-11-15-10-14(2)31-19(15)12-17(20)24-21(28)13-32-23-26-25-22(27(23)3)16-8-6-7-9-18(16)29-4/h6-9,11-12,14H,5,10,13H2,1-4H3,(H,24,28). The van der Waals surface area contributed by atoms with E-state index in [9.17, 15) is 4.79 Å². The fraction of sp³-hybridized carbons (Fsp3) is 0.348. The van der Waals surface area contributed by atoms with Gasteiger partial charge >= 0.3 is 0 Å². The molecule has 0 aliphatic carbocycles. The first-order valence-corrected chi connectivity index (χ1v) is 11.4. The molecule has 1 unspecified atom stereocenters. The highest BCUT2D eigenvalue weighted by Crippen LogP contribution is 2.38. The Balaban J connectivity index is 1.45. The molecule has 1 atom stereocenters. The highest BCUT2D eigenvalue weighted by Gasteiger charge is 2.23. The Morgan fingerprint density at radius 2 is 2.09 bits per heavy atom. The molecule has 0 spiro atoms. The summed E-state index contributed by atoms with van der Waals surface area (Å²) in [5.74, 6) is 2.85. The Hall–Kier alpha value is -3.20. The fourth-order valence-electron chi connectivity index (χ4n) is 3.63. The van der Waals surface area contributed by atoms with E-state index in [2.05, 4.69) is 15.5 Å². The molecule has 1 aromatic heterocycles. The number of nitrogens with zero attached hydrogens (tertiary/aromatic N) is 3. The molecule has 2 aromatic carbocycles. The minimum atomic E-state index is -0.163. The number of thioether (sulfide) groups is 1. The van der Waals surface area contributed by atoms with Crippen LogP contribution in [0.3, 0.4) is 0 Å². The summed E-state index contributed by atoms with van der Waals surface area (Å²) in [6.45, 7) is 4.45. The molecule has 1 aliphatic rings. The molecule has 0 fully saturated rings. The third-order valence-electron chi connectivity index (χ3n) is 5.09. The highest BCUT2D eigenvalue weighted by atomic mass is 32.2. The number of nitrogens with one attached hydrogen (secondary N) is 1. The van der Waals surface area contributed by atoms with Crippen LogP contribution in [0.15, 0.2) is 41.6 Å². The monoisotopic (exact) mass is 454 g/mol. The van der Waals surface area contributed by atoms with Gasteiger partial charge in [0.2, 0.25) is 5.91 Å².